The standard InChI is InChI=1S/C14H28N2O2/c1-11(2)9-13(16-15)12-3-6-18-14(10-12)4-7-17-8-5-14/h11-13,16H,3-10,15H2,1-2H3. The van der Waals surface area contributed by atoms with Crippen molar-refractivity contribution in [2.75, 3.05) is 19.8 Å². The van der Waals surface area contributed by atoms with Gasteiger partial charge in [0.2, 0.25) is 0 Å². The Morgan fingerprint density at radius 1 is 1.28 bits per heavy atom. The lowest BCUT2D eigenvalue weighted by atomic mass is 9.76. The van der Waals surface area contributed by atoms with E-state index in [1.165, 1.54) is 0 Å². The second-order valence-electron chi connectivity index (χ2n) is 6.30. The van der Waals surface area contributed by atoms with Crippen molar-refractivity contribution in [2.45, 2.75) is 57.6 Å². The Labute approximate surface area is 111 Å². The van der Waals surface area contributed by atoms with E-state index < -0.39 is 0 Å². The van der Waals surface area contributed by atoms with Gasteiger partial charge in [-0.05, 0) is 43.9 Å². The third-order valence-electron chi connectivity index (χ3n) is 4.44. The quantitative estimate of drug-likeness (QED) is 0.595. The molecule has 0 aromatic carbocycles. The monoisotopic (exact) mass is 256 g/mol. The van der Waals surface area contributed by atoms with E-state index in [0.717, 1.165) is 51.9 Å². The summed E-state index contributed by atoms with van der Waals surface area (Å²) in [6.45, 7) is 7.08. The van der Waals surface area contributed by atoms with Crippen LogP contribution in [0.2, 0.25) is 0 Å². The highest BCUT2D eigenvalue weighted by atomic mass is 16.5. The molecule has 2 fully saturated rings. The third-order valence-corrected chi connectivity index (χ3v) is 4.44. The van der Waals surface area contributed by atoms with Crippen LogP contribution in [0.5, 0.6) is 0 Å². The van der Waals surface area contributed by atoms with Crippen molar-refractivity contribution in [3.8, 4) is 0 Å². The Hall–Kier alpha value is -0.160. The molecule has 2 saturated heterocycles. The van der Waals surface area contributed by atoms with E-state index in [2.05, 4.69) is 19.3 Å². The first-order valence-electron chi connectivity index (χ1n) is 7.33. The van der Waals surface area contributed by atoms with Crippen molar-refractivity contribution >= 4 is 0 Å². The van der Waals surface area contributed by atoms with Crippen LogP contribution >= 0.6 is 0 Å². The first-order chi connectivity index (χ1) is 8.65. The van der Waals surface area contributed by atoms with Crippen LogP contribution in [0, 0.1) is 11.8 Å². The lowest BCUT2D eigenvalue weighted by molar-refractivity contribution is -0.150. The zero-order valence-electron chi connectivity index (χ0n) is 11.8. The minimum absolute atomic E-state index is 0.0766. The lowest BCUT2D eigenvalue weighted by Gasteiger charge is -2.45. The van der Waals surface area contributed by atoms with Crippen LogP contribution in [0.3, 0.4) is 0 Å². The summed E-state index contributed by atoms with van der Waals surface area (Å²) in [5, 5.41) is 0. The predicted octanol–water partition coefficient (Wildman–Crippen LogP) is 1.84. The average molecular weight is 256 g/mol. The first-order valence-corrected chi connectivity index (χ1v) is 7.33. The molecule has 106 valence electrons. The molecule has 2 unspecified atom stereocenters. The van der Waals surface area contributed by atoms with E-state index in [0.29, 0.717) is 17.9 Å². The highest BCUT2D eigenvalue weighted by molar-refractivity contribution is 4.92. The zero-order valence-corrected chi connectivity index (χ0v) is 11.8. The largest absolute Gasteiger partial charge is 0.381 e. The number of nitrogens with two attached hydrogens (primary N) is 1. The summed E-state index contributed by atoms with van der Waals surface area (Å²) in [4.78, 5) is 0. The Kier molecular flexibility index (Phi) is 5.01. The number of hydrogen-bond acceptors (Lipinski definition) is 4. The van der Waals surface area contributed by atoms with Crippen LogP contribution in [0.15, 0.2) is 0 Å². The van der Waals surface area contributed by atoms with Gasteiger partial charge in [-0.25, -0.2) is 0 Å². The molecule has 0 aromatic heterocycles. The lowest BCUT2D eigenvalue weighted by Crippen LogP contribution is -2.51. The summed E-state index contributed by atoms with van der Waals surface area (Å²) in [5.74, 6) is 7.08. The van der Waals surface area contributed by atoms with Gasteiger partial charge in [0.1, 0.15) is 0 Å². The van der Waals surface area contributed by atoms with Gasteiger partial charge in [0.25, 0.3) is 0 Å². The molecule has 0 radical (unpaired) electrons. The topological polar surface area (TPSA) is 56.5 Å². The van der Waals surface area contributed by atoms with Gasteiger partial charge in [0.05, 0.1) is 5.60 Å². The van der Waals surface area contributed by atoms with Gasteiger partial charge in [-0.2, -0.15) is 0 Å². The maximum absolute atomic E-state index is 6.09. The molecule has 1 spiro atoms. The fraction of sp³-hybridized carbons (Fsp3) is 1.00. The number of nitrogens with one attached hydrogen (secondary N) is 1. The minimum Gasteiger partial charge on any atom is -0.381 e. The van der Waals surface area contributed by atoms with E-state index >= 15 is 0 Å². The molecule has 0 amide bonds. The van der Waals surface area contributed by atoms with Gasteiger partial charge >= 0.3 is 0 Å². The van der Waals surface area contributed by atoms with Crippen LogP contribution in [0.25, 0.3) is 0 Å². The van der Waals surface area contributed by atoms with Crippen molar-refractivity contribution in [2.24, 2.45) is 17.7 Å². The van der Waals surface area contributed by atoms with E-state index in [1.54, 1.807) is 0 Å². The average Bonchev–Trinajstić information content (AvgIpc) is 2.36. The number of ether oxygens (including phenoxy) is 2. The fourth-order valence-electron chi connectivity index (χ4n) is 3.41. The molecule has 2 aliphatic heterocycles. The molecule has 0 aliphatic carbocycles. The maximum Gasteiger partial charge on any atom is 0.0729 e. The van der Waals surface area contributed by atoms with Gasteiger partial charge < -0.3 is 9.47 Å². The molecule has 2 heterocycles. The Bertz CT molecular complexity index is 247. The van der Waals surface area contributed by atoms with E-state index in [-0.39, 0.29) is 5.60 Å². The fourth-order valence-corrected chi connectivity index (χ4v) is 3.41. The summed E-state index contributed by atoms with van der Waals surface area (Å²) in [6.07, 6.45) is 5.50. The van der Waals surface area contributed by atoms with E-state index in [9.17, 15) is 0 Å². The van der Waals surface area contributed by atoms with Crippen molar-refractivity contribution in [1.82, 2.24) is 5.43 Å². The summed E-state index contributed by atoms with van der Waals surface area (Å²) in [5.41, 5.74) is 3.11. The summed E-state index contributed by atoms with van der Waals surface area (Å²) < 4.78 is 11.6. The SMILES string of the molecule is CC(C)CC(NN)C1CCOC2(CCOCC2)C1. The third kappa shape index (κ3) is 3.44. The van der Waals surface area contributed by atoms with Crippen LogP contribution in [-0.4, -0.2) is 31.5 Å². The van der Waals surface area contributed by atoms with Crippen LogP contribution in [-0.2, 0) is 9.47 Å². The van der Waals surface area contributed by atoms with Gasteiger partial charge in [-0.3, -0.25) is 11.3 Å². The molecule has 0 bridgehead atoms. The highest BCUT2D eigenvalue weighted by Crippen LogP contribution is 2.38. The molecular formula is C14H28N2O2. The minimum atomic E-state index is 0.0766. The molecule has 2 rings (SSSR count). The molecule has 2 atom stereocenters. The van der Waals surface area contributed by atoms with Crippen LogP contribution in [0.1, 0.15) is 46.0 Å². The molecular weight excluding hydrogens is 228 g/mol. The van der Waals surface area contributed by atoms with Crippen molar-refractivity contribution in [1.29, 1.82) is 0 Å². The number of rotatable bonds is 4. The molecule has 0 aromatic rings. The molecule has 4 nitrogen and oxygen atoms in total. The molecule has 0 saturated carbocycles. The van der Waals surface area contributed by atoms with Gasteiger partial charge in [0.15, 0.2) is 0 Å². The summed E-state index contributed by atoms with van der Waals surface area (Å²) in [7, 11) is 0. The van der Waals surface area contributed by atoms with Crippen LogP contribution in [0.4, 0.5) is 0 Å². The Morgan fingerprint density at radius 2 is 2.00 bits per heavy atom. The van der Waals surface area contributed by atoms with E-state index in [1.807, 2.05) is 0 Å². The second-order valence-corrected chi connectivity index (χ2v) is 6.30. The predicted molar refractivity (Wildman–Crippen MR) is 72.0 cm³/mol. The Morgan fingerprint density at radius 3 is 2.61 bits per heavy atom. The van der Waals surface area contributed by atoms with Crippen molar-refractivity contribution in [3.63, 3.8) is 0 Å². The summed E-state index contributed by atoms with van der Waals surface area (Å²) in [6, 6.07) is 0.425. The van der Waals surface area contributed by atoms with Crippen molar-refractivity contribution in [3.05, 3.63) is 0 Å². The number of hydrazine groups is 1. The highest BCUT2D eigenvalue weighted by Gasteiger charge is 2.41. The number of hydrogen-bond donors (Lipinski definition) is 2. The second kappa shape index (κ2) is 6.33. The molecule has 2 aliphatic rings. The molecule has 3 N–H and O–H groups in total. The van der Waals surface area contributed by atoms with Gasteiger partial charge in [-0.1, -0.05) is 13.8 Å². The van der Waals surface area contributed by atoms with Gasteiger partial charge in [-0.15, -0.1) is 0 Å². The summed E-state index contributed by atoms with van der Waals surface area (Å²) >= 11 is 0. The van der Waals surface area contributed by atoms with Crippen LogP contribution < -0.4 is 11.3 Å². The van der Waals surface area contributed by atoms with Gasteiger partial charge in [0, 0.05) is 25.9 Å². The smallest absolute Gasteiger partial charge is 0.0729 e. The Balaban J connectivity index is 1.96. The van der Waals surface area contributed by atoms with Crippen molar-refractivity contribution < 1.29 is 9.47 Å². The van der Waals surface area contributed by atoms with E-state index in [4.69, 9.17) is 15.3 Å². The molecule has 18 heavy (non-hydrogen) atoms. The molecule has 4 heteroatoms. The first kappa shape index (κ1) is 14.3. The zero-order chi connectivity index (χ0) is 13.0. The normalized spacial score (nSPS) is 29.7. The maximum atomic E-state index is 6.09.